The van der Waals surface area contributed by atoms with E-state index < -0.39 is 22.8 Å². The topological polar surface area (TPSA) is 46.2 Å². The van der Waals surface area contributed by atoms with Gasteiger partial charge in [-0.3, -0.25) is 0 Å². The van der Waals surface area contributed by atoms with Gasteiger partial charge in [0, 0.05) is 12.7 Å². The normalized spacial score (nSPS) is 34.7. The molecule has 1 aromatic carbocycles. The zero-order valence-electron chi connectivity index (χ0n) is 14.9. The fourth-order valence-corrected chi connectivity index (χ4v) is 4.69. The van der Waals surface area contributed by atoms with Gasteiger partial charge in [0.05, 0.1) is 51.3 Å². The molecule has 26 heavy (non-hydrogen) atoms. The summed E-state index contributed by atoms with van der Waals surface area (Å²) in [7, 11) is 1.47. The van der Waals surface area contributed by atoms with Gasteiger partial charge in [-0.2, -0.15) is 0 Å². The van der Waals surface area contributed by atoms with Gasteiger partial charge in [0.15, 0.2) is 5.60 Å². The molecule has 3 fully saturated rings. The van der Waals surface area contributed by atoms with Gasteiger partial charge >= 0.3 is 0 Å². The molecule has 2 aliphatic heterocycles. The van der Waals surface area contributed by atoms with Gasteiger partial charge in [0.2, 0.25) is 0 Å². The molecule has 3 unspecified atom stereocenters. The van der Waals surface area contributed by atoms with Gasteiger partial charge in [-0.15, -0.1) is 0 Å². The van der Waals surface area contributed by atoms with E-state index in [1.165, 1.54) is 19.2 Å². The van der Waals surface area contributed by atoms with Crippen LogP contribution in [0, 0.1) is 11.6 Å². The van der Waals surface area contributed by atoms with E-state index >= 15 is 4.39 Å². The number of rotatable bonds is 4. The zero-order chi connectivity index (χ0) is 18.2. The fraction of sp³-hybridized carbons (Fsp3) is 0.684. The first-order valence-corrected chi connectivity index (χ1v) is 9.08. The molecule has 1 aliphatic carbocycles. The molecule has 0 N–H and O–H groups in total. The summed E-state index contributed by atoms with van der Waals surface area (Å²) in [5.74, 6) is -1.33. The molecule has 0 aromatic heterocycles. The van der Waals surface area contributed by atoms with Crippen molar-refractivity contribution < 1.29 is 32.5 Å². The van der Waals surface area contributed by atoms with Gasteiger partial charge < -0.3 is 23.7 Å². The molecule has 0 spiro atoms. The minimum absolute atomic E-state index is 0.0249. The summed E-state index contributed by atoms with van der Waals surface area (Å²) in [4.78, 5) is 0. The van der Waals surface area contributed by atoms with Crippen LogP contribution in [0.4, 0.5) is 8.78 Å². The lowest BCUT2D eigenvalue weighted by Crippen LogP contribution is -2.66. The predicted octanol–water partition coefficient (Wildman–Crippen LogP) is 2.69. The number of fused-ring (bicyclic) bond motifs is 1. The first-order valence-electron chi connectivity index (χ1n) is 9.08. The van der Waals surface area contributed by atoms with E-state index in [4.69, 9.17) is 23.7 Å². The third-order valence-electron chi connectivity index (χ3n) is 5.74. The molecular weight excluding hydrogens is 346 g/mol. The molecule has 3 aliphatic rings. The van der Waals surface area contributed by atoms with Gasteiger partial charge in [-0.05, 0) is 25.3 Å². The Hall–Kier alpha value is -1.12. The van der Waals surface area contributed by atoms with Crippen molar-refractivity contribution in [3.8, 4) is 0 Å². The molecule has 0 bridgehead atoms. The quantitative estimate of drug-likeness (QED) is 0.816. The van der Waals surface area contributed by atoms with E-state index in [-0.39, 0.29) is 37.1 Å². The first kappa shape index (κ1) is 18.3. The Morgan fingerprint density at radius 2 is 2.00 bits per heavy atom. The van der Waals surface area contributed by atoms with Gasteiger partial charge in [0.25, 0.3) is 0 Å². The van der Waals surface area contributed by atoms with Crippen LogP contribution < -0.4 is 0 Å². The van der Waals surface area contributed by atoms with Crippen LogP contribution in [0.3, 0.4) is 0 Å². The monoisotopic (exact) mass is 370 g/mol. The average molecular weight is 370 g/mol. The maximum Gasteiger partial charge on any atom is 0.153 e. The van der Waals surface area contributed by atoms with Crippen molar-refractivity contribution in [3.05, 3.63) is 34.9 Å². The molecule has 4 rings (SSSR count). The second-order valence-corrected chi connectivity index (χ2v) is 7.05. The number of halogens is 2. The van der Waals surface area contributed by atoms with Crippen molar-refractivity contribution in [2.45, 2.75) is 43.2 Å². The maximum absolute atomic E-state index is 15.4. The third kappa shape index (κ3) is 2.60. The average Bonchev–Trinajstić information content (AvgIpc) is 3.11. The summed E-state index contributed by atoms with van der Waals surface area (Å²) < 4.78 is 59.4. The highest BCUT2D eigenvalue weighted by molar-refractivity contribution is 5.37. The van der Waals surface area contributed by atoms with Crippen LogP contribution in [-0.4, -0.2) is 51.8 Å². The first-order chi connectivity index (χ1) is 12.6. The standard InChI is InChI=1S/C19H24F2O5/c1-22-11-13-4-5-14(20)16(17(13)21)19(12-23-7-9-26-19)18-6-2-3-15(18)24-8-10-25-18/h4-5,15H,2-3,6-12H2,1H3. The molecule has 1 aromatic rings. The Morgan fingerprint density at radius 3 is 2.77 bits per heavy atom. The minimum atomic E-state index is -1.38. The van der Waals surface area contributed by atoms with Crippen molar-refractivity contribution >= 4 is 0 Å². The fourth-order valence-electron chi connectivity index (χ4n) is 4.69. The van der Waals surface area contributed by atoms with Gasteiger partial charge in [-0.25, -0.2) is 8.78 Å². The van der Waals surface area contributed by atoms with Crippen molar-refractivity contribution in [2.24, 2.45) is 0 Å². The number of benzene rings is 1. The summed E-state index contributed by atoms with van der Waals surface area (Å²) in [6, 6.07) is 2.66. The highest BCUT2D eigenvalue weighted by atomic mass is 19.1. The second kappa shape index (κ2) is 7.13. The third-order valence-corrected chi connectivity index (χ3v) is 5.74. The predicted molar refractivity (Wildman–Crippen MR) is 87.8 cm³/mol. The molecule has 7 heteroatoms. The summed E-state index contributed by atoms with van der Waals surface area (Å²) in [6.45, 7) is 1.52. The lowest BCUT2D eigenvalue weighted by Gasteiger charge is -2.53. The van der Waals surface area contributed by atoms with Crippen LogP contribution in [0.5, 0.6) is 0 Å². The van der Waals surface area contributed by atoms with E-state index in [1.807, 2.05) is 0 Å². The smallest absolute Gasteiger partial charge is 0.153 e. The van der Waals surface area contributed by atoms with E-state index in [0.29, 0.717) is 26.2 Å². The Balaban J connectivity index is 1.90. The molecule has 2 saturated heterocycles. The summed E-state index contributed by atoms with van der Waals surface area (Å²) in [5.41, 5.74) is -2.20. The molecular formula is C19H24F2O5. The molecule has 0 radical (unpaired) electrons. The van der Waals surface area contributed by atoms with Crippen LogP contribution in [0.1, 0.15) is 30.4 Å². The Kier molecular flexibility index (Phi) is 5.00. The summed E-state index contributed by atoms with van der Waals surface area (Å²) in [6.07, 6.45) is 1.94. The Morgan fingerprint density at radius 1 is 1.15 bits per heavy atom. The molecule has 0 amide bonds. The number of methoxy groups -OCH3 is 1. The summed E-state index contributed by atoms with van der Waals surface area (Å²) in [5, 5.41) is 0. The van der Waals surface area contributed by atoms with Crippen LogP contribution in [-0.2, 0) is 35.9 Å². The van der Waals surface area contributed by atoms with E-state index in [1.54, 1.807) is 0 Å². The zero-order valence-corrected chi connectivity index (χ0v) is 14.9. The van der Waals surface area contributed by atoms with Crippen LogP contribution in [0.25, 0.3) is 0 Å². The van der Waals surface area contributed by atoms with Crippen LogP contribution in [0.15, 0.2) is 12.1 Å². The SMILES string of the molecule is COCc1ccc(F)c(C2(C34CCCC3OCCO4)COCCO2)c1F. The van der Waals surface area contributed by atoms with Crippen LogP contribution >= 0.6 is 0 Å². The van der Waals surface area contributed by atoms with E-state index in [9.17, 15) is 4.39 Å². The van der Waals surface area contributed by atoms with Crippen molar-refractivity contribution in [2.75, 3.05) is 40.1 Å². The number of ether oxygens (including phenoxy) is 5. The highest BCUT2D eigenvalue weighted by Crippen LogP contribution is 2.53. The highest BCUT2D eigenvalue weighted by Gasteiger charge is 2.65. The molecule has 5 nitrogen and oxygen atoms in total. The van der Waals surface area contributed by atoms with E-state index in [0.717, 1.165) is 12.8 Å². The van der Waals surface area contributed by atoms with Crippen LogP contribution in [0.2, 0.25) is 0 Å². The van der Waals surface area contributed by atoms with E-state index in [2.05, 4.69) is 0 Å². The second-order valence-electron chi connectivity index (χ2n) is 7.05. The minimum Gasteiger partial charge on any atom is -0.380 e. The lowest BCUT2D eigenvalue weighted by molar-refractivity contribution is -0.314. The molecule has 3 atom stereocenters. The largest absolute Gasteiger partial charge is 0.380 e. The summed E-state index contributed by atoms with van der Waals surface area (Å²) >= 11 is 0. The number of hydrogen-bond donors (Lipinski definition) is 0. The van der Waals surface area contributed by atoms with Crippen molar-refractivity contribution in [3.63, 3.8) is 0 Å². The molecule has 2 heterocycles. The van der Waals surface area contributed by atoms with Crippen molar-refractivity contribution in [1.82, 2.24) is 0 Å². The van der Waals surface area contributed by atoms with Gasteiger partial charge in [0.1, 0.15) is 17.2 Å². The molecule has 144 valence electrons. The van der Waals surface area contributed by atoms with Crippen molar-refractivity contribution in [1.29, 1.82) is 0 Å². The Bertz CT molecular complexity index is 662. The Labute approximate surface area is 151 Å². The van der Waals surface area contributed by atoms with Gasteiger partial charge in [-0.1, -0.05) is 6.07 Å². The molecule has 1 saturated carbocycles. The maximum atomic E-state index is 15.4. The lowest BCUT2D eigenvalue weighted by atomic mass is 9.73. The number of hydrogen-bond acceptors (Lipinski definition) is 5.